The third-order valence-electron chi connectivity index (χ3n) is 8.40. The predicted molar refractivity (Wildman–Crippen MR) is 164 cm³/mol. The average molecular weight is 537 g/mol. The topological polar surface area (TPSA) is 0 Å². The van der Waals surface area contributed by atoms with Crippen molar-refractivity contribution < 1.29 is 0 Å². The van der Waals surface area contributed by atoms with Crippen molar-refractivity contribution in [3.63, 3.8) is 0 Å². The third-order valence-corrected chi connectivity index (χ3v) is 8.84. The van der Waals surface area contributed by atoms with Crippen LogP contribution in [0.5, 0.6) is 0 Å². The molecule has 39 heavy (non-hydrogen) atoms. The molecule has 184 valence electrons. The Balaban J connectivity index is 1.41. The van der Waals surface area contributed by atoms with E-state index in [2.05, 4.69) is 115 Å². The van der Waals surface area contributed by atoms with Crippen molar-refractivity contribution in [2.75, 3.05) is 0 Å². The van der Waals surface area contributed by atoms with Crippen LogP contribution >= 0.6 is 23.2 Å². The first kappa shape index (κ1) is 22.8. The molecule has 0 nitrogen and oxygen atoms in total. The lowest BCUT2D eigenvalue weighted by Gasteiger charge is -2.32. The Bertz CT molecular complexity index is 1850. The molecule has 0 unspecified atom stereocenters. The molecule has 0 saturated carbocycles. The minimum absolute atomic E-state index is 0.366. The van der Waals surface area contributed by atoms with E-state index in [-0.39, 0.29) is 5.41 Å². The Hall–Kier alpha value is -4.10. The molecular weight excluding hydrogens is 515 g/mol. The Morgan fingerprint density at radius 1 is 0.359 bits per heavy atom. The molecule has 0 aliphatic heterocycles. The molecular formula is C37H22Cl2. The van der Waals surface area contributed by atoms with Crippen LogP contribution in [0.4, 0.5) is 0 Å². The Labute approximate surface area is 238 Å². The highest BCUT2D eigenvalue weighted by Gasteiger charge is 2.52. The molecule has 6 aromatic rings. The third kappa shape index (κ3) is 3.13. The highest BCUT2D eigenvalue weighted by Crippen LogP contribution is 2.64. The van der Waals surface area contributed by atoms with Gasteiger partial charge >= 0.3 is 0 Å². The van der Waals surface area contributed by atoms with E-state index in [0.717, 1.165) is 11.1 Å². The van der Waals surface area contributed by atoms with E-state index >= 15 is 0 Å². The highest BCUT2D eigenvalue weighted by atomic mass is 35.5. The normalized spacial score (nSPS) is 13.6. The van der Waals surface area contributed by atoms with Crippen LogP contribution in [0.25, 0.3) is 44.5 Å². The van der Waals surface area contributed by atoms with Crippen molar-refractivity contribution in [2.24, 2.45) is 0 Å². The Morgan fingerprint density at radius 3 is 1.36 bits per heavy atom. The van der Waals surface area contributed by atoms with Crippen LogP contribution in [0, 0.1) is 0 Å². The summed E-state index contributed by atoms with van der Waals surface area (Å²) in [6.45, 7) is 0. The van der Waals surface area contributed by atoms with Crippen LogP contribution in [0.2, 0.25) is 10.0 Å². The molecule has 2 heteroatoms. The first-order valence-corrected chi connectivity index (χ1v) is 13.9. The number of rotatable bonds is 2. The molecule has 0 N–H and O–H groups in total. The van der Waals surface area contributed by atoms with E-state index in [1.165, 1.54) is 55.6 Å². The van der Waals surface area contributed by atoms with Gasteiger partial charge in [-0.25, -0.2) is 0 Å². The van der Waals surface area contributed by atoms with Crippen molar-refractivity contribution in [1.82, 2.24) is 0 Å². The predicted octanol–water partition coefficient (Wildman–Crippen LogP) is 10.7. The molecule has 1 spiro atoms. The molecule has 0 aromatic heterocycles. The summed E-state index contributed by atoms with van der Waals surface area (Å²) in [4.78, 5) is 0. The molecule has 2 aliphatic rings. The zero-order chi connectivity index (χ0) is 26.1. The molecule has 0 saturated heterocycles. The summed E-state index contributed by atoms with van der Waals surface area (Å²) < 4.78 is 0. The summed E-state index contributed by atoms with van der Waals surface area (Å²) in [5.74, 6) is 0. The van der Waals surface area contributed by atoms with Gasteiger partial charge in [-0.15, -0.1) is 0 Å². The molecule has 0 amide bonds. The van der Waals surface area contributed by atoms with Gasteiger partial charge in [0.1, 0.15) is 0 Å². The largest absolute Gasteiger partial charge is 0.0843 e. The van der Waals surface area contributed by atoms with E-state index in [9.17, 15) is 0 Å². The zero-order valence-corrected chi connectivity index (χ0v) is 22.5. The number of hydrogen-bond donors (Lipinski definition) is 0. The fraction of sp³-hybridized carbons (Fsp3) is 0.0270. The average Bonchev–Trinajstić information content (AvgIpc) is 3.44. The fourth-order valence-corrected chi connectivity index (χ4v) is 7.48. The van der Waals surface area contributed by atoms with Crippen molar-refractivity contribution in [3.8, 4) is 44.5 Å². The molecule has 0 atom stereocenters. The van der Waals surface area contributed by atoms with Crippen molar-refractivity contribution in [3.05, 3.63) is 166 Å². The summed E-state index contributed by atoms with van der Waals surface area (Å²) in [5.41, 5.74) is 14.9. The zero-order valence-electron chi connectivity index (χ0n) is 21.0. The van der Waals surface area contributed by atoms with Crippen molar-refractivity contribution >= 4 is 23.2 Å². The molecule has 8 rings (SSSR count). The standard InChI is InChI=1S/C37H22Cl2/c38-26-20-25(21-27(39)22-26)23-16-18-24(19-17-23)28-11-7-12-32-31-10-3-6-15-35(31)37(36(28)32)33-13-4-1-8-29(33)30-9-2-5-14-34(30)37/h1-22H. The lowest BCUT2D eigenvalue weighted by molar-refractivity contribution is 0.796. The molecule has 0 fully saturated rings. The summed E-state index contributed by atoms with van der Waals surface area (Å²) in [7, 11) is 0. The van der Waals surface area contributed by atoms with Gasteiger partial charge in [-0.2, -0.15) is 0 Å². The number of benzene rings is 6. The van der Waals surface area contributed by atoms with Gasteiger partial charge in [0.05, 0.1) is 5.41 Å². The van der Waals surface area contributed by atoms with Gasteiger partial charge in [0.2, 0.25) is 0 Å². The van der Waals surface area contributed by atoms with Crippen LogP contribution in [-0.4, -0.2) is 0 Å². The molecule has 2 aliphatic carbocycles. The summed E-state index contributed by atoms with van der Waals surface area (Å²) in [6.07, 6.45) is 0. The van der Waals surface area contributed by atoms with Gasteiger partial charge in [-0.05, 0) is 85.0 Å². The van der Waals surface area contributed by atoms with Crippen molar-refractivity contribution in [2.45, 2.75) is 5.41 Å². The van der Waals surface area contributed by atoms with Crippen LogP contribution in [0.1, 0.15) is 22.3 Å². The highest BCUT2D eigenvalue weighted by molar-refractivity contribution is 6.35. The SMILES string of the molecule is Clc1cc(Cl)cc(-c2ccc(-c3cccc4c3C3(c5ccccc5-c5ccccc53)c3ccccc3-4)cc2)c1. The minimum atomic E-state index is -0.366. The van der Waals surface area contributed by atoms with Crippen LogP contribution in [0.3, 0.4) is 0 Å². The van der Waals surface area contributed by atoms with Crippen LogP contribution in [0.15, 0.2) is 133 Å². The second kappa shape index (κ2) is 8.45. The van der Waals surface area contributed by atoms with Gasteiger partial charge in [0.25, 0.3) is 0 Å². The van der Waals surface area contributed by atoms with E-state index in [1.807, 2.05) is 12.1 Å². The van der Waals surface area contributed by atoms with E-state index in [0.29, 0.717) is 10.0 Å². The summed E-state index contributed by atoms with van der Waals surface area (Å²) in [5, 5.41) is 1.28. The van der Waals surface area contributed by atoms with Gasteiger partial charge in [-0.3, -0.25) is 0 Å². The second-order valence-corrected chi connectivity index (χ2v) is 11.2. The molecule has 0 radical (unpaired) electrons. The second-order valence-electron chi connectivity index (χ2n) is 10.4. The monoisotopic (exact) mass is 536 g/mol. The number of halogens is 2. The first-order valence-electron chi connectivity index (χ1n) is 13.2. The molecule has 0 heterocycles. The first-order chi connectivity index (χ1) is 19.2. The molecule has 0 bridgehead atoms. The van der Waals surface area contributed by atoms with Crippen LogP contribution < -0.4 is 0 Å². The van der Waals surface area contributed by atoms with E-state index in [1.54, 1.807) is 6.07 Å². The fourth-order valence-electron chi connectivity index (χ4n) is 6.96. The lowest BCUT2D eigenvalue weighted by Crippen LogP contribution is -2.26. The van der Waals surface area contributed by atoms with E-state index < -0.39 is 0 Å². The van der Waals surface area contributed by atoms with E-state index in [4.69, 9.17) is 23.2 Å². The quantitative estimate of drug-likeness (QED) is 0.206. The maximum atomic E-state index is 6.30. The van der Waals surface area contributed by atoms with Gasteiger partial charge in [0.15, 0.2) is 0 Å². The Morgan fingerprint density at radius 2 is 0.795 bits per heavy atom. The van der Waals surface area contributed by atoms with Crippen molar-refractivity contribution in [1.29, 1.82) is 0 Å². The number of hydrogen-bond acceptors (Lipinski definition) is 0. The maximum absolute atomic E-state index is 6.30. The van der Waals surface area contributed by atoms with Crippen LogP contribution in [-0.2, 0) is 5.41 Å². The Kier molecular flexibility index (Phi) is 4.95. The summed E-state index contributed by atoms with van der Waals surface area (Å²) in [6, 6.07) is 48.1. The van der Waals surface area contributed by atoms with Gasteiger partial charge in [-0.1, -0.05) is 138 Å². The smallest absolute Gasteiger partial charge is 0.0731 e. The summed E-state index contributed by atoms with van der Waals surface area (Å²) >= 11 is 12.6. The minimum Gasteiger partial charge on any atom is -0.0843 e. The number of fused-ring (bicyclic) bond motifs is 10. The lowest BCUT2D eigenvalue weighted by atomic mass is 9.68. The molecule has 6 aromatic carbocycles. The van der Waals surface area contributed by atoms with Gasteiger partial charge in [0, 0.05) is 10.0 Å². The van der Waals surface area contributed by atoms with Gasteiger partial charge < -0.3 is 0 Å². The maximum Gasteiger partial charge on any atom is 0.0731 e.